The van der Waals surface area contributed by atoms with E-state index in [4.69, 9.17) is 9.84 Å². The van der Waals surface area contributed by atoms with Crippen LogP contribution in [-0.4, -0.2) is 42.2 Å². The third kappa shape index (κ3) is 5.60. The summed E-state index contributed by atoms with van der Waals surface area (Å²) in [6.07, 6.45) is 2.00. The molecule has 0 spiro atoms. The molecule has 2 N–H and O–H groups in total. The number of carbonyl (C=O) groups excluding carboxylic acids is 1. The molecule has 0 atom stereocenters. The van der Waals surface area contributed by atoms with Crippen molar-refractivity contribution in [2.24, 2.45) is 0 Å². The van der Waals surface area contributed by atoms with Crippen molar-refractivity contribution in [2.75, 3.05) is 25.5 Å². The molecule has 0 bridgehead atoms. The second-order valence-corrected chi connectivity index (χ2v) is 4.41. The first-order chi connectivity index (χ1) is 9.52. The summed E-state index contributed by atoms with van der Waals surface area (Å²) < 4.78 is 5.01. The molecule has 1 rings (SSSR count). The zero-order valence-corrected chi connectivity index (χ0v) is 11.8. The second-order valence-electron chi connectivity index (χ2n) is 4.41. The lowest BCUT2D eigenvalue weighted by Crippen LogP contribution is -2.32. The number of urea groups is 1. The van der Waals surface area contributed by atoms with Crippen molar-refractivity contribution in [1.29, 1.82) is 0 Å². The number of benzene rings is 1. The van der Waals surface area contributed by atoms with Crippen LogP contribution in [0.3, 0.4) is 0 Å². The van der Waals surface area contributed by atoms with Crippen molar-refractivity contribution in [3.63, 3.8) is 0 Å². The number of carboxylic acids is 1. The fourth-order valence-electron chi connectivity index (χ4n) is 1.50. The lowest BCUT2D eigenvalue weighted by atomic mass is 10.3. The van der Waals surface area contributed by atoms with Crippen molar-refractivity contribution in [3.05, 3.63) is 24.3 Å². The number of amides is 2. The maximum atomic E-state index is 11.8. The van der Waals surface area contributed by atoms with Crippen LogP contribution in [0.4, 0.5) is 10.5 Å². The fraction of sp³-hybridized carbons (Fsp3) is 0.429. The quantitative estimate of drug-likeness (QED) is 0.804. The highest BCUT2D eigenvalue weighted by Crippen LogP contribution is 2.16. The van der Waals surface area contributed by atoms with E-state index in [0.29, 0.717) is 18.0 Å². The lowest BCUT2D eigenvalue weighted by Gasteiger charge is -2.17. The summed E-state index contributed by atoms with van der Waals surface area (Å²) in [5, 5.41) is 11.3. The first-order valence-electron chi connectivity index (χ1n) is 6.49. The predicted molar refractivity (Wildman–Crippen MR) is 76.1 cm³/mol. The number of nitrogens with one attached hydrogen (secondary N) is 1. The molecular formula is C14H20N2O4. The molecule has 110 valence electrons. The number of hydrogen-bond acceptors (Lipinski definition) is 3. The summed E-state index contributed by atoms with van der Waals surface area (Å²) in [4.78, 5) is 23.8. The van der Waals surface area contributed by atoms with E-state index >= 15 is 0 Å². The molecular weight excluding hydrogens is 260 g/mol. The van der Waals surface area contributed by atoms with Gasteiger partial charge in [-0.05, 0) is 30.7 Å². The van der Waals surface area contributed by atoms with Gasteiger partial charge in [0.25, 0.3) is 0 Å². The van der Waals surface area contributed by atoms with E-state index in [-0.39, 0.29) is 12.6 Å². The molecule has 0 aliphatic rings. The van der Waals surface area contributed by atoms with Crippen LogP contribution < -0.4 is 10.1 Å². The van der Waals surface area contributed by atoms with Crippen molar-refractivity contribution >= 4 is 17.7 Å². The summed E-state index contributed by atoms with van der Waals surface area (Å²) >= 11 is 0. The van der Waals surface area contributed by atoms with Gasteiger partial charge >= 0.3 is 12.0 Å². The Labute approximate surface area is 118 Å². The number of unbranched alkanes of at least 4 members (excludes halogenated alkanes) is 1. The van der Waals surface area contributed by atoms with Gasteiger partial charge in [-0.3, -0.25) is 0 Å². The third-order valence-corrected chi connectivity index (χ3v) is 2.66. The zero-order valence-electron chi connectivity index (χ0n) is 11.8. The predicted octanol–water partition coefficient (Wildman–Crippen LogP) is 2.41. The van der Waals surface area contributed by atoms with Gasteiger partial charge < -0.3 is 20.1 Å². The van der Waals surface area contributed by atoms with E-state index < -0.39 is 5.97 Å². The van der Waals surface area contributed by atoms with Gasteiger partial charge in [0.05, 0.1) is 0 Å². The zero-order chi connectivity index (χ0) is 15.0. The molecule has 0 aliphatic carbocycles. The van der Waals surface area contributed by atoms with E-state index in [2.05, 4.69) is 12.2 Å². The van der Waals surface area contributed by atoms with Crippen LogP contribution in [0, 0.1) is 0 Å². The van der Waals surface area contributed by atoms with Crippen LogP contribution in [0.15, 0.2) is 24.3 Å². The molecule has 0 aromatic heterocycles. The van der Waals surface area contributed by atoms with Crippen LogP contribution in [0.5, 0.6) is 5.75 Å². The minimum atomic E-state index is -1.03. The summed E-state index contributed by atoms with van der Waals surface area (Å²) in [6.45, 7) is 2.40. The van der Waals surface area contributed by atoms with Crippen LogP contribution in [0.25, 0.3) is 0 Å². The Balaban J connectivity index is 2.48. The molecule has 0 aliphatic heterocycles. The monoisotopic (exact) mass is 280 g/mol. The first kappa shape index (κ1) is 15.8. The molecule has 0 fully saturated rings. The molecule has 6 heteroatoms. The average Bonchev–Trinajstić information content (AvgIpc) is 2.43. The summed E-state index contributed by atoms with van der Waals surface area (Å²) in [5.74, 6) is -0.579. The van der Waals surface area contributed by atoms with E-state index in [1.807, 2.05) is 0 Å². The number of carboxylic acid groups (broad SMARTS) is 1. The Hall–Kier alpha value is -2.24. The Bertz CT molecular complexity index is 445. The highest BCUT2D eigenvalue weighted by molar-refractivity contribution is 5.89. The smallest absolute Gasteiger partial charge is 0.341 e. The Kier molecular flexibility index (Phi) is 6.36. The number of anilines is 1. The maximum Gasteiger partial charge on any atom is 0.341 e. The van der Waals surface area contributed by atoms with Gasteiger partial charge in [-0.2, -0.15) is 0 Å². The minimum absolute atomic E-state index is 0.169. The van der Waals surface area contributed by atoms with Gasteiger partial charge in [0, 0.05) is 19.3 Å². The van der Waals surface area contributed by atoms with Crippen LogP contribution in [-0.2, 0) is 4.79 Å². The van der Waals surface area contributed by atoms with Crippen molar-refractivity contribution < 1.29 is 19.4 Å². The van der Waals surface area contributed by atoms with Crippen LogP contribution in [0.2, 0.25) is 0 Å². The summed E-state index contributed by atoms with van der Waals surface area (Å²) in [6, 6.07) is 6.40. The number of aliphatic carboxylic acids is 1. The number of carbonyl (C=O) groups is 2. The third-order valence-electron chi connectivity index (χ3n) is 2.66. The van der Waals surface area contributed by atoms with Crippen molar-refractivity contribution in [1.82, 2.24) is 4.90 Å². The summed E-state index contributed by atoms with van der Waals surface area (Å²) in [5.41, 5.74) is 0.640. The molecule has 0 saturated heterocycles. The molecule has 0 saturated carbocycles. The van der Waals surface area contributed by atoms with Gasteiger partial charge in [0.15, 0.2) is 6.61 Å². The lowest BCUT2D eigenvalue weighted by molar-refractivity contribution is -0.139. The van der Waals surface area contributed by atoms with Crippen LogP contribution in [0.1, 0.15) is 19.8 Å². The highest BCUT2D eigenvalue weighted by atomic mass is 16.5. The molecule has 2 amide bonds. The standard InChI is InChI=1S/C14H20N2O4/c1-3-4-9-16(2)14(19)15-11-5-7-12(8-6-11)20-10-13(17)18/h5-8H,3-4,9-10H2,1-2H3,(H,15,19)(H,17,18). The van der Waals surface area contributed by atoms with Gasteiger partial charge in [-0.1, -0.05) is 13.3 Å². The Morgan fingerprint density at radius 2 is 1.95 bits per heavy atom. The molecule has 0 radical (unpaired) electrons. The van der Waals surface area contributed by atoms with E-state index in [1.165, 1.54) is 0 Å². The van der Waals surface area contributed by atoms with E-state index in [1.54, 1.807) is 36.2 Å². The molecule has 1 aromatic rings. The highest BCUT2D eigenvalue weighted by Gasteiger charge is 2.08. The number of nitrogens with zero attached hydrogens (tertiary/aromatic N) is 1. The van der Waals surface area contributed by atoms with E-state index in [0.717, 1.165) is 12.8 Å². The number of ether oxygens (including phenoxy) is 1. The molecule has 6 nitrogen and oxygen atoms in total. The molecule has 1 aromatic carbocycles. The van der Waals surface area contributed by atoms with Gasteiger partial charge in [0.2, 0.25) is 0 Å². The Morgan fingerprint density at radius 1 is 1.30 bits per heavy atom. The van der Waals surface area contributed by atoms with Gasteiger partial charge in [0.1, 0.15) is 5.75 Å². The van der Waals surface area contributed by atoms with Crippen LogP contribution >= 0.6 is 0 Å². The van der Waals surface area contributed by atoms with Gasteiger partial charge in [-0.15, -0.1) is 0 Å². The fourth-order valence-corrected chi connectivity index (χ4v) is 1.50. The van der Waals surface area contributed by atoms with Crippen molar-refractivity contribution in [3.8, 4) is 5.75 Å². The molecule has 0 heterocycles. The largest absolute Gasteiger partial charge is 0.482 e. The number of hydrogen-bond donors (Lipinski definition) is 2. The average molecular weight is 280 g/mol. The first-order valence-corrected chi connectivity index (χ1v) is 6.49. The van der Waals surface area contributed by atoms with E-state index in [9.17, 15) is 9.59 Å². The second kappa shape index (κ2) is 8.04. The van der Waals surface area contributed by atoms with Gasteiger partial charge in [-0.25, -0.2) is 9.59 Å². The SMILES string of the molecule is CCCCN(C)C(=O)Nc1ccc(OCC(=O)O)cc1. The topological polar surface area (TPSA) is 78.9 Å². The Morgan fingerprint density at radius 3 is 2.50 bits per heavy atom. The minimum Gasteiger partial charge on any atom is -0.482 e. The summed E-state index contributed by atoms with van der Waals surface area (Å²) in [7, 11) is 1.75. The van der Waals surface area contributed by atoms with Crippen molar-refractivity contribution in [2.45, 2.75) is 19.8 Å². The maximum absolute atomic E-state index is 11.8. The normalized spacial score (nSPS) is 9.90. The molecule has 20 heavy (non-hydrogen) atoms. The number of rotatable bonds is 7. The molecule has 0 unspecified atom stereocenters.